The van der Waals surface area contributed by atoms with Gasteiger partial charge in [0.05, 0.1) is 4.47 Å². The van der Waals surface area contributed by atoms with Crippen molar-refractivity contribution in [2.24, 2.45) is 0 Å². The molecule has 1 aromatic carbocycles. The number of rotatable bonds is 5. The van der Waals surface area contributed by atoms with Crippen LogP contribution in [0.1, 0.15) is 18.4 Å². The van der Waals surface area contributed by atoms with E-state index in [1.165, 1.54) is 12.8 Å². The van der Waals surface area contributed by atoms with Gasteiger partial charge in [-0.1, -0.05) is 18.2 Å². The van der Waals surface area contributed by atoms with Crippen molar-refractivity contribution >= 4 is 15.9 Å². The lowest BCUT2D eigenvalue weighted by Crippen LogP contribution is -2.16. The SMILES string of the molecule is Brc1ccccc1Oc1ncccc1CNC1CC1. The van der Waals surface area contributed by atoms with E-state index in [1.54, 1.807) is 6.20 Å². The molecule has 1 aliphatic carbocycles. The van der Waals surface area contributed by atoms with Gasteiger partial charge in [0.15, 0.2) is 0 Å². The topological polar surface area (TPSA) is 34.1 Å². The van der Waals surface area contributed by atoms with Crippen LogP contribution in [0.5, 0.6) is 11.6 Å². The average Bonchev–Trinajstić information content (AvgIpc) is 3.24. The largest absolute Gasteiger partial charge is 0.438 e. The maximum Gasteiger partial charge on any atom is 0.223 e. The predicted octanol–water partition coefficient (Wildman–Crippen LogP) is 3.89. The fourth-order valence-electron chi connectivity index (χ4n) is 1.82. The molecule has 4 heteroatoms. The molecule has 0 amide bonds. The molecule has 98 valence electrons. The standard InChI is InChI=1S/C15H15BrN2O/c16-13-5-1-2-6-14(13)19-15-11(4-3-9-17-15)10-18-12-7-8-12/h1-6,9,12,18H,7-8,10H2. The van der Waals surface area contributed by atoms with E-state index >= 15 is 0 Å². The van der Waals surface area contributed by atoms with Crippen LogP contribution >= 0.6 is 15.9 Å². The summed E-state index contributed by atoms with van der Waals surface area (Å²) < 4.78 is 6.83. The molecule has 1 aromatic heterocycles. The molecule has 3 rings (SSSR count). The minimum atomic E-state index is 0.669. The molecule has 1 N–H and O–H groups in total. The normalized spacial score (nSPS) is 14.4. The molecule has 0 unspecified atom stereocenters. The number of para-hydroxylation sites is 1. The summed E-state index contributed by atoms with van der Waals surface area (Å²) in [6, 6.07) is 12.5. The van der Waals surface area contributed by atoms with Crippen LogP contribution in [0, 0.1) is 0 Å². The second-order valence-corrected chi connectivity index (χ2v) is 5.51. The Morgan fingerprint density at radius 1 is 1.21 bits per heavy atom. The van der Waals surface area contributed by atoms with E-state index in [0.29, 0.717) is 11.9 Å². The molecule has 0 bridgehead atoms. The molecule has 0 radical (unpaired) electrons. The van der Waals surface area contributed by atoms with Crippen molar-refractivity contribution in [1.82, 2.24) is 10.3 Å². The van der Waals surface area contributed by atoms with E-state index in [9.17, 15) is 0 Å². The highest BCUT2D eigenvalue weighted by Crippen LogP contribution is 2.30. The molecule has 1 heterocycles. The van der Waals surface area contributed by atoms with Gasteiger partial charge >= 0.3 is 0 Å². The van der Waals surface area contributed by atoms with E-state index in [0.717, 1.165) is 22.3 Å². The first kappa shape index (κ1) is 12.6. The van der Waals surface area contributed by atoms with Crippen LogP contribution in [0.4, 0.5) is 0 Å². The van der Waals surface area contributed by atoms with Gasteiger partial charge < -0.3 is 10.1 Å². The first-order valence-electron chi connectivity index (χ1n) is 6.42. The van der Waals surface area contributed by atoms with Crippen molar-refractivity contribution in [3.8, 4) is 11.6 Å². The van der Waals surface area contributed by atoms with Crippen molar-refractivity contribution in [1.29, 1.82) is 0 Å². The van der Waals surface area contributed by atoms with Crippen molar-refractivity contribution < 1.29 is 4.74 Å². The molecular formula is C15H15BrN2O. The highest BCUT2D eigenvalue weighted by molar-refractivity contribution is 9.10. The summed E-state index contributed by atoms with van der Waals surface area (Å²) in [5.41, 5.74) is 1.09. The van der Waals surface area contributed by atoms with E-state index < -0.39 is 0 Å². The van der Waals surface area contributed by atoms with Crippen LogP contribution in [0.25, 0.3) is 0 Å². The summed E-state index contributed by atoms with van der Waals surface area (Å²) in [5.74, 6) is 1.46. The Hall–Kier alpha value is -1.39. The maximum absolute atomic E-state index is 5.89. The third-order valence-corrected chi connectivity index (χ3v) is 3.71. The number of aromatic nitrogens is 1. The summed E-state index contributed by atoms with van der Waals surface area (Å²) in [5, 5.41) is 3.48. The number of nitrogens with zero attached hydrogens (tertiary/aromatic N) is 1. The first-order chi connectivity index (χ1) is 9.33. The molecule has 0 atom stereocenters. The van der Waals surface area contributed by atoms with E-state index in [-0.39, 0.29) is 0 Å². The lowest BCUT2D eigenvalue weighted by molar-refractivity contribution is 0.450. The number of benzene rings is 1. The maximum atomic E-state index is 5.89. The van der Waals surface area contributed by atoms with E-state index in [2.05, 4.69) is 32.3 Å². The van der Waals surface area contributed by atoms with Gasteiger partial charge in [0.1, 0.15) is 5.75 Å². The van der Waals surface area contributed by atoms with Gasteiger partial charge in [0.2, 0.25) is 5.88 Å². The zero-order chi connectivity index (χ0) is 13.1. The average molecular weight is 319 g/mol. The Morgan fingerprint density at radius 3 is 2.84 bits per heavy atom. The molecular weight excluding hydrogens is 304 g/mol. The van der Waals surface area contributed by atoms with Gasteiger partial charge in [-0.05, 0) is 47.0 Å². The fourth-order valence-corrected chi connectivity index (χ4v) is 2.19. The second kappa shape index (κ2) is 5.72. The summed E-state index contributed by atoms with van der Waals surface area (Å²) in [7, 11) is 0. The molecule has 2 aromatic rings. The molecule has 0 aliphatic heterocycles. The van der Waals surface area contributed by atoms with Crippen LogP contribution in [0.2, 0.25) is 0 Å². The van der Waals surface area contributed by atoms with Gasteiger partial charge in [-0.2, -0.15) is 0 Å². The predicted molar refractivity (Wildman–Crippen MR) is 78.3 cm³/mol. The number of pyridine rings is 1. The van der Waals surface area contributed by atoms with Crippen LogP contribution < -0.4 is 10.1 Å². The Morgan fingerprint density at radius 2 is 2.05 bits per heavy atom. The quantitative estimate of drug-likeness (QED) is 0.908. The van der Waals surface area contributed by atoms with Crippen LogP contribution in [0.3, 0.4) is 0 Å². The van der Waals surface area contributed by atoms with Gasteiger partial charge in [0.25, 0.3) is 0 Å². The highest BCUT2D eigenvalue weighted by Gasteiger charge is 2.20. The molecule has 19 heavy (non-hydrogen) atoms. The Bertz CT molecular complexity index is 570. The molecule has 3 nitrogen and oxygen atoms in total. The lowest BCUT2D eigenvalue weighted by Gasteiger charge is -2.11. The monoisotopic (exact) mass is 318 g/mol. The summed E-state index contributed by atoms with van der Waals surface area (Å²) in [6.45, 7) is 0.804. The van der Waals surface area contributed by atoms with Gasteiger partial charge in [-0.25, -0.2) is 4.98 Å². The lowest BCUT2D eigenvalue weighted by atomic mass is 10.2. The Kier molecular flexibility index (Phi) is 3.80. The fraction of sp³-hybridized carbons (Fsp3) is 0.267. The van der Waals surface area contributed by atoms with Crippen LogP contribution in [-0.4, -0.2) is 11.0 Å². The van der Waals surface area contributed by atoms with Crippen LogP contribution in [0.15, 0.2) is 47.1 Å². The summed E-state index contributed by atoms with van der Waals surface area (Å²) in [6.07, 6.45) is 4.31. The minimum Gasteiger partial charge on any atom is -0.438 e. The summed E-state index contributed by atoms with van der Waals surface area (Å²) in [4.78, 5) is 4.33. The number of ether oxygens (including phenoxy) is 1. The third kappa shape index (κ3) is 3.33. The van der Waals surface area contributed by atoms with Crippen molar-refractivity contribution in [2.45, 2.75) is 25.4 Å². The van der Waals surface area contributed by atoms with Crippen molar-refractivity contribution in [3.63, 3.8) is 0 Å². The molecule has 1 fully saturated rings. The van der Waals surface area contributed by atoms with Crippen molar-refractivity contribution in [3.05, 3.63) is 52.6 Å². The van der Waals surface area contributed by atoms with Gasteiger partial charge in [-0.3, -0.25) is 0 Å². The minimum absolute atomic E-state index is 0.669. The molecule has 0 spiro atoms. The van der Waals surface area contributed by atoms with E-state index in [1.807, 2.05) is 30.3 Å². The zero-order valence-corrected chi connectivity index (χ0v) is 12.1. The molecule has 0 saturated heterocycles. The third-order valence-electron chi connectivity index (χ3n) is 3.05. The number of hydrogen-bond acceptors (Lipinski definition) is 3. The Balaban J connectivity index is 1.77. The molecule has 1 aliphatic rings. The van der Waals surface area contributed by atoms with Crippen molar-refractivity contribution in [2.75, 3.05) is 0 Å². The smallest absolute Gasteiger partial charge is 0.223 e. The highest BCUT2D eigenvalue weighted by atomic mass is 79.9. The second-order valence-electron chi connectivity index (χ2n) is 4.66. The number of nitrogens with one attached hydrogen (secondary N) is 1. The Labute approximate surface area is 121 Å². The number of hydrogen-bond donors (Lipinski definition) is 1. The number of halogens is 1. The first-order valence-corrected chi connectivity index (χ1v) is 7.22. The van der Waals surface area contributed by atoms with Gasteiger partial charge in [-0.15, -0.1) is 0 Å². The van der Waals surface area contributed by atoms with Crippen LogP contribution in [-0.2, 0) is 6.54 Å². The van der Waals surface area contributed by atoms with Gasteiger partial charge in [0, 0.05) is 24.3 Å². The summed E-state index contributed by atoms with van der Waals surface area (Å²) >= 11 is 3.48. The zero-order valence-electron chi connectivity index (χ0n) is 10.5. The molecule has 1 saturated carbocycles. The van der Waals surface area contributed by atoms with E-state index in [4.69, 9.17) is 4.74 Å².